The Morgan fingerprint density at radius 1 is 1.04 bits per heavy atom. The summed E-state index contributed by atoms with van der Waals surface area (Å²) in [4.78, 5) is 20.1. The molecular formula is C18H13F3N4O2. The van der Waals surface area contributed by atoms with Gasteiger partial charge >= 0.3 is 0 Å². The van der Waals surface area contributed by atoms with Gasteiger partial charge in [-0.1, -0.05) is 6.07 Å². The van der Waals surface area contributed by atoms with E-state index in [2.05, 4.69) is 20.6 Å². The largest absolute Gasteiger partial charge is 0.497 e. The lowest BCUT2D eigenvalue weighted by Crippen LogP contribution is -2.16. The third-order valence-corrected chi connectivity index (χ3v) is 3.51. The van der Waals surface area contributed by atoms with Gasteiger partial charge in [-0.2, -0.15) is 0 Å². The summed E-state index contributed by atoms with van der Waals surface area (Å²) in [6.45, 7) is 0. The van der Waals surface area contributed by atoms with Crippen LogP contribution >= 0.6 is 0 Å². The molecule has 0 fully saturated rings. The number of carbonyl (C=O) groups is 1. The van der Waals surface area contributed by atoms with Gasteiger partial charge in [0.25, 0.3) is 5.91 Å². The van der Waals surface area contributed by atoms with Gasteiger partial charge in [0.1, 0.15) is 17.3 Å². The highest BCUT2D eigenvalue weighted by atomic mass is 19.2. The zero-order valence-corrected chi connectivity index (χ0v) is 14.0. The number of halogens is 3. The zero-order valence-electron chi connectivity index (χ0n) is 14.0. The van der Waals surface area contributed by atoms with Crippen LogP contribution in [0.15, 0.2) is 48.8 Å². The standard InChI is InChI=1S/C18H13F3N4O2/c1-27-11-4-2-3-10(7-11)24-15-9-22-14(8-23-15)18(26)25-13-6-5-12(19)16(20)17(13)21/h2-9H,1H3,(H,23,24)(H,25,26). The molecule has 1 amide bonds. The normalized spacial score (nSPS) is 10.4. The van der Waals surface area contributed by atoms with E-state index < -0.39 is 29.0 Å². The van der Waals surface area contributed by atoms with Crippen LogP contribution in [0.1, 0.15) is 10.5 Å². The van der Waals surface area contributed by atoms with Gasteiger partial charge in [-0.3, -0.25) is 4.79 Å². The predicted molar refractivity (Wildman–Crippen MR) is 92.6 cm³/mol. The molecule has 0 saturated carbocycles. The van der Waals surface area contributed by atoms with Crippen molar-refractivity contribution in [2.75, 3.05) is 17.7 Å². The fraction of sp³-hybridized carbons (Fsp3) is 0.0556. The van der Waals surface area contributed by atoms with Crippen molar-refractivity contribution < 1.29 is 22.7 Å². The van der Waals surface area contributed by atoms with E-state index in [1.807, 2.05) is 0 Å². The number of hydrogen-bond acceptors (Lipinski definition) is 5. The van der Waals surface area contributed by atoms with E-state index >= 15 is 0 Å². The molecule has 0 unspecified atom stereocenters. The molecule has 0 saturated heterocycles. The Morgan fingerprint density at radius 3 is 2.56 bits per heavy atom. The van der Waals surface area contributed by atoms with Crippen molar-refractivity contribution in [1.82, 2.24) is 9.97 Å². The summed E-state index contributed by atoms with van der Waals surface area (Å²) in [6, 6.07) is 8.72. The summed E-state index contributed by atoms with van der Waals surface area (Å²) in [6.07, 6.45) is 2.46. The summed E-state index contributed by atoms with van der Waals surface area (Å²) in [5.41, 5.74) is 0.0688. The number of anilines is 3. The number of methoxy groups -OCH3 is 1. The van der Waals surface area contributed by atoms with Gasteiger partial charge in [0, 0.05) is 11.8 Å². The van der Waals surface area contributed by atoms with Crippen molar-refractivity contribution in [3.05, 3.63) is 71.9 Å². The maximum atomic E-state index is 13.6. The van der Waals surface area contributed by atoms with Gasteiger partial charge in [0.05, 0.1) is 25.2 Å². The van der Waals surface area contributed by atoms with Crippen molar-refractivity contribution in [2.24, 2.45) is 0 Å². The van der Waals surface area contributed by atoms with Crippen molar-refractivity contribution in [1.29, 1.82) is 0 Å². The van der Waals surface area contributed by atoms with Gasteiger partial charge in [-0.25, -0.2) is 23.1 Å². The fourth-order valence-corrected chi connectivity index (χ4v) is 2.17. The van der Waals surface area contributed by atoms with Gasteiger partial charge in [0.2, 0.25) is 0 Å². The van der Waals surface area contributed by atoms with Crippen LogP contribution in [-0.4, -0.2) is 23.0 Å². The quantitative estimate of drug-likeness (QED) is 0.663. The molecule has 0 spiro atoms. The first-order valence-electron chi connectivity index (χ1n) is 7.66. The topological polar surface area (TPSA) is 76.1 Å². The van der Waals surface area contributed by atoms with Gasteiger partial charge in [0.15, 0.2) is 17.5 Å². The number of aromatic nitrogens is 2. The summed E-state index contributed by atoms with van der Waals surface area (Å²) < 4.78 is 44.9. The number of amides is 1. The van der Waals surface area contributed by atoms with Crippen LogP contribution < -0.4 is 15.4 Å². The molecule has 3 aromatic rings. The molecule has 1 heterocycles. The number of ether oxygens (including phenoxy) is 1. The molecule has 9 heteroatoms. The second-order valence-electron chi connectivity index (χ2n) is 5.32. The van der Waals surface area contributed by atoms with Crippen LogP contribution in [0.5, 0.6) is 5.75 Å². The highest BCUT2D eigenvalue weighted by molar-refractivity contribution is 6.02. The SMILES string of the molecule is COc1cccc(Nc2cnc(C(=O)Nc3ccc(F)c(F)c3F)cn2)c1. The van der Waals surface area contributed by atoms with Crippen LogP contribution in [0.4, 0.5) is 30.4 Å². The van der Waals surface area contributed by atoms with E-state index in [1.165, 1.54) is 6.20 Å². The number of rotatable bonds is 5. The molecule has 0 aliphatic carbocycles. The maximum absolute atomic E-state index is 13.6. The van der Waals surface area contributed by atoms with Crippen LogP contribution in [0.25, 0.3) is 0 Å². The van der Waals surface area contributed by atoms with Gasteiger partial charge in [-0.15, -0.1) is 0 Å². The number of hydrogen-bond donors (Lipinski definition) is 2. The van der Waals surface area contributed by atoms with Gasteiger partial charge in [-0.05, 0) is 24.3 Å². The Kier molecular flexibility index (Phi) is 5.20. The van der Waals surface area contributed by atoms with E-state index in [0.29, 0.717) is 23.3 Å². The lowest BCUT2D eigenvalue weighted by Gasteiger charge is -2.09. The smallest absolute Gasteiger partial charge is 0.275 e. The molecule has 2 aromatic carbocycles. The van der Waals surface area contributed by atoms with Crippen molar-refractivity contribution >= 4 is 23.1 Å². The third kappa shape index (κ3) is 4.14. The molecular weight excluding hydrogens is 361 g/mol. The molecule has 0 aliphatic heterocycles. The molecule has 138 valence electrons. The molecule has 1 aromatic heterocycles. The van der Waals surface area contributed by atoms with Crippen molar-refractivity contribution in [2.45, 2.75) is 0 Å². The highest BCUT2D eigenvalue weighted by Gasteiger charge is 2.16. The Bertz CT molecular complexity index is 981. The van der Waals surface area contributed by atoms with E-state index in [-0.39, 0.29) is 5.69 Å². The summed E-state index contributed by atoms with van der Waals surface area (Å²) >= 11 is 0. The second kappa shape index (κ2) is 7.73. The molecule has 0 atom stereocenters. The Balaban J connectivity index is 1.71. The highest BCUT2D eigenvalue weighted by Crippen LogP contribution is 2.21. The predicted octanol–water partition coefficient (Wildman–Crippen LogP) is 3.90. The van der Waals surface area contributed by atoms with Crippen LogP contribution in [0, 0.1) is 17.5 Å². The minimum absolute atomic E-state index is 0.129. The molecule has 3 rings (SSSR count). The lowest BCUT2D eigenvalue weighted by atomic mass is 10.2. The second-order valence-corrected chi connectivity index (χ2v) is 5.32. The minimum Gasteiger partial charge on any atom is -0.497 e. The van der Waals surface area contributed by atoms with Gasteiger partial charge < -0.3 is 15.4 Å². The molecule has 0 aliphatic rings. The Morgan fingerprint density at radius 2 is 1.85 bits per heavy atom. The van der Waals surface area contributed by atoms with E-state index in [1.54, 1.807) is 31.4 Å². The van der Waals surface area contributed by atoms with Crippen LogP contribution in [-0.2, 0) is 0 Å². The monoisotopic (exact) mass is 374 g/mol. The first-order chi connectivity index (χ1) is 13.0. The van der Waals surface area contributed by atoms with E-state index in [9.17, 15) is 18.0 Å². The molecule has 2 N–H and O–H groups in total. The number of nitrogens with zero attached hydrogens (tertiary/aromatic N) is 2. The number of benzene rings is 2. The molecule has 27 heavy (non-hydrogen) atoms. The van der Waals surface area contributed by atoms with Crippen molar-refractivity contribution in [3.8, 4) is 5.75 Å². The summed E-state index contributed by atoms with van der Waals surface area (Å²) in [5.74, 6) is -4.32. The average molecular weight is 374 g/mol. The first-order valence-corrected chi connectivity index (χ1v) is 7.66. The molecule has 6 nitrogen and oxygen atoms in total. The Labute approximate surface area is 152 Å². The molecule has 0 bridgehead atoms. The lowest BCUT2D eigenvalue weighted by molar-refractivity contribution is 0.102. The summed E-state index contributed by atoms with van der Waals surface area (Å²) in [7, 11) is 1.54. The minimum atomic E-state index is -1.67. The summed E-state index contributed by atoms with van der Waals surface area (Å²) in [5, 5.41) is 5.10. The van der Waals surface area contributed by atoms with Crippen molar-refractivity contribution in [3.63, 3.8) is 0 Å². The maximum Gasteiger partial charge on any atom is 0.275 e. The van der Waals surface area contributed by atoms with Crippen LogP contribution in [0.3, 0.4) is 0 Å². The number of nitrogens with one attached hydrogen (secondary N) is 2. The first kappa shape index (κ1) is 18.2. The molecule has 0 radical (unpaired) electrons. The Hall–Kier alpha value is -3.62. The number of carbonyl (C=O) groups excluding carboxylic acids is 1. The average Bonchev–Trinajstić information content (AvgIpc) is 2.69. The van der Waals surface area contributed by atoms with E-state index in [0.717, 1.165) is 12.3 Å². The van der Waals surface area contributed by atoms with Crippen LogP contribution in [0.2, 0.25) is 0 Å². The zero-order chi connectivity index (χ0) is 19.4. The van der Waals surface area contributed by atoms with E-state index in [4.69, 9.17) is 4.74 Å². The third-order valence-electron chi connectivity index (χ3n) is 3.51. The fourth-order valence-electron chi connectivity index (χ4n) is 2.17.